The van der Waals surface area contributed by atoms with Crippen LogP contribution in [0.2, 0.25) is 0 Å². The molecule has 0 aliphatic heterocycles. The monoisotopic (exact) mass is 290 g/mol. The molecule has 0 aliphatic rings. The van der Waals surface area contributed by atoms with Crippen LogP contribution in [0.5, 0.6) is 5.75 Å². The highest BCUT2D eigenvalue weighted by molar-refractivity contribution is 7.89. The minimum atomic E-state index is -3.52. The molecule has 0 fully saturated rings. The van der Waals surface area contributed by atoms with Gasteiger partial charge in [-0.3, -0.25) is 4.79 Å². The van der Waals surface area contributed by atoms with Crippen molar-refractivity contribution in [1.29, 1.82) is 0 Å². The van der Waals surface area contributed by atoms with E-state index in [1.165, 1.54) is 19.2 Å². The molecule has 106 valence electrons. The molecule has 0 unspecified atom stereocenters. The number of primary sulfonamides is 1. The normalized spacial score (nSPS) is 11.1. The van der Waals surface area contributed by atoms with Crippen LogP contribution in [0.1, 0.15) is 16.8 Å². The number of hydrogen-bond donors (Lipinski definition) is 2. The van der Waals surface area contributed by atoms with Crippen molar-refractivity contribution in [1.82, 2.24) is 5.32 Å². The maximum absolute atomic E-state index is 13.1. The van der Waals surface area contributed by atoms with Crippen molar-refractivity contribution in [2.45, 2.75) is 6.42 Å². The lowest BCUT2D eigenvalue weighted by molar-refractivity contribution is 0.0953. The van der Waals surface area contributed by atoms with Crippen molar-refractivity contribution >= 4 is 15.9 Å². The standard InChI is InChI=1S/C11H15FN2O4S/c1-18-10-7-8(3-4-9(10)12)11(15)14-5-2-6-19(13,16)17/h3-4,7H,2,5-6H2,1H3,(H,14,15)(H2,13,16,17). The lowest BCUT2D eigenvalue weighted by atomic mass is 10.2. The van der Waals surface area contributed by atoms with Gasteiger partial charge in [0.05, 0.1) is 12.9 Å². The Morgan fingerprint density at radius 2 is 2.16 bits per heavy atom. The predicted molar refractivity (Wildman–Crippen MR) is 67.9 cm³/mol. The van der Waals surface area contributed by atoms with E-state index < -0.39 is 21.7 Å². The first kappa shape index (κ1) is 15.4. The second-order valence-corrected chi connectivity index (χ2v) is 5.56. The number of sulfonamides is 1. The molecule has 1 aromatic rings. The maximum Gasteiger partial charge on any atom is 0.251 e. The molecule has 1 amide bonds. The zero-order valence-electron chi connectivity index (χ0n) is 10.3. The van der Waals surface area contributed by atoms with Crippen LogP contribution in [0.15, 0.2) is 18.2 Å². The first-order valence-electron chi connectivity index (χ1n) is 5.45. The van der Waals surface area contributed by atoms with E-state index in [4.69, 9.17) is 9.88 Å². The van der Waals surface area contributed by atoms with Crippen molar-refractivity contribution < 1.29 is 22.3 Å². The fourth-order valence-electron chi connectivity index (χ4n) is 1.38. The number of halogens is 1. The van der Waals surface area contributed by atoms with E-state index in [0.29, 0.717) is 0 Å². The van der Waals surface area contributed by atoms with Crippen LogP contribution < -0.4 is 15.2 Å². The number of rotatable bonds is 6. The van der Waals surface area contributed by atoms with Crippen LogP contribution in [0.4, 0.5) is 4.39 Å². The van der Waals surface area contributed by atoms with Gasteiger partial charge in [0.15, 0.2) is 11.6 Å². The molecule has 0 bridgehead atoms. The van der Waals surface area contributed by atoms with Gasteiger partial charge in [0.1, 0.15) is 0 Å². The molecule has 19 heavy (non-hydrogen) atoms. The van der Waals surface area contributed by atoms with Crippen LogP contribution >= 0.6 is 0 Å². The molecular formula is C11H15FN2O4S. The third-order valence-corrected chi connectivity index (χ3v) is 3.16. The number of nitrogens with two attached hydrogens (primary N) is 1. The summed E-state index contributed by atoms with van der Waals surface area (Å²) in [6.45, 7) is 0.162. The third-order valence-electron chi connectivity index (χ3n) is 2.30. The van der Waals surface area contributed by atoms with Crippen LogP contribution in [-0.2, 0) is 10.0 Å². The average Bonchev–Trinajstić information content (AvgIpc) is 2.33. The van der Waals surface area contributed by atoms with Crippen molar-refractivity contribution in [3.05, 3.63) is 29.6 Å². The molecule has 0 spiro atoms. The Labute approximate surface area is 110 Å². The predicted octanol–water partition coefficient (Wildman–Crippen LogP) is 0.243. The molecule has 0 heterocycles. The molecule has 0 atom stereocenters. The van der Waals surface area contributed by atoms with Crippen molar-refractivity contribution in [3.63, 3.8) is 0 Å². The highest BCUT2D eigenvalue weighted by Crippen LogP contribution is 2.17. The molecule has 0 aromatic heterocycles. The van der Waals surface area contributed by atoms with E-state index in [1.54, 1.807) is 0 Å². The fourth-order valence-corrected chi connectivity index (χ4v) is 1.93. The Balaban J connectivity index is 2.54. The summed E-state index contributed by atoms with van der Waals surface area (Å²) in [6, 6.07) is 3.70. The molecular weight excluding hydrogens is 275 g/mol. The summed E-state index contributed by atoms with van der Waals surface area (Å²) in [6.07, 6.45) is 0.211. The van der Waals surface area contributed by atoms with E-state index in [-0.39, 0.29) is 30.0 Å². The molecule has 1 rings (SSSR count). The summed E-state index contributed by atoms with van der Waals surface area (Å²) in [4.78, 5) is 11.7. The van der Waals surface area contributed by atoms with Gasteiger partial charge in [-0.15, -0.1) is 0 Å². The number of methoxy groups -OCH3 is 1. The van der Waals surface area contributed by atoms with Crippen LogP contribution in [0.25, 0.3) is 0 Å². The number of amides is 1. The van der Waals surface area contributed by atoms with Crippen molar-refractivity contribution in [2.24, 2.45) is 5.14 Å². The largest absolute Gasteiger partial charge is 0.494 e. The highest BCUT2D eigenvalue weighted by Gasteiger charge is 2.10. The van der Waals surface area contributed by atoms with E-state index in [1.807, 2.05) is 0 Å². The number of ether oxygens (including phenoxy) is 1. The number of nitrogens with one attached hydrogen (secondary N) is 1. The van der Waals surface area contributed by atoms with E-state index in [2.05, 4.69) is 5.32 Å². The molecule has 8 heteroatoms. The zero-order valence-corrected chi connectivity index (χ0v) is 11.2. The number of carbonyl (C=O) groups excluding carboxylic acids is 1. The fraction of sp³-hybridized carbons (Fsp3) is 0.364. The Morgan fingerprint density at radius 1 is 1.47 bits per heavy atom. The van der Waals surface area contributed by atoms with Gasteiger partial charge in [-0.25, -0.2) is 17.9 Å². The first-order chi connectivity index (χ1) is 8.83. The van der Waals surface area contributed by atoms with Crippen molar-refractivity contribution in [2.75, 3.05) is 19.4 Å². The topological polar surface area (TPSA) is 98.5 Å². The van der Waals surface area contributed by atoms with Gasteiger partial charge in [0.25, 0.3) is 5.91 Å². The molecule has 0 saturated heterocycles. The van der Waals surface area contributed by atoms with Gasteiger partial charge in [-0.2, -0.15) is 0 Å². The van der Waals surface area contributed by atoms with Gasteiger partial charge in [-0.05, 0) is 24.6 Å². The van der Waals surface area contributed by atoms with E-state index in [9.17, 15) is 17.6 Å². The van der Waals surface area contributed by atoms with E-state index >= 15 is 0 Å². The van der Waals surface area contributed by atoms with Gasteiger partial charge in [0.2, 0.25) is 10.0 Å². The SMILES string of the molecule is COc1cc(C(=O)NCCCS(N)(=O)=O)ccc1F. The number of carbonyl (C=O) groups is 1. The second kappa shape index (κ2) is 6.48. The van der Waals surface area contributed by atoms with Crippen LogP contribution in [0, 0.1) is 5.82 Å². The molecule has 1 aromatic carbocycles. The summed E-state index contributed by atoms with van der Waals surface area (Å²) in [7, 11) is -2.23. The lowest BCUT2D eigenvalue weighted by Crippen LogP contribution is -2.27. The molecule has 0 saturated carbocycles. The zero-order chi connectivity index (χ0) is 14.5. The maximum atomic E-state index is 13.1. The Morgan fingerprint density at radius 3 is 2.74 bits per heavy atom. The van der Waals surface area contributed by atoms with Gasteiger partial charge in [-0.1, -0.05) is 0 Å². The molecule has 0 radical (unpaired) electrons. The Bertz CT molecular complexity index is 560. The van der Waals surface area contributed by atoms with Gasteiger partial charge >= 0.3 is 0 Å². The average molecular weight is 290 g/mol. The molecule has 3 N–H and O–H groups in total. The minimum Gasteiger partial charge on any atom is -0.494 e. The smallest absolute Gasteiger partial charge is 0.251 e. The van der Waals surface area contributed by atoms with Gasteiger partial charge in [0, 0.05) is 12.1 Å². The summed E-state index contributed by atoms with van der Waals surface area (Å²) >= 11 is 0. The Kier molecular flexibility index (Phi) is 5.25. The van der Waals surface area contributed by atoms with Crippen LogP contribution in [0.3, 0.4) is 0 Å². The summed E-state index contributed by atoms with van der Waals surface area (Å²) in [5, 5.41) is 7.32. The summed E-state index contributed by atoms with van der Waals surface area (Å²) in [5.74, 6) is -1.24. The van der Waals surface area contributed by atoms with Crippen molar-refractivity contribution in [3.8, 4) is 5.75 Å². The van der Waals surface area contributed by atoms with Crippen LogP contribution in [-0.4, -0.2) is 33.7 Å². The molecule has 6 nitrogen and oxygen atoms in total. The highest BCUT2D eigenvalue weighted by atomic mass is 32.2. The minimum absolute atomic E-state index is 0.0304. The second-order valence-electron chi connectivity index (χ2n) is 3.83. The third kappa shape index (κ3) is 5.23. The number of hydrogen-bond acceptors (Lipinski definition) is 4. The van der Waals surface area contributed by atoms with Gasteiger partial charge < -0.3 is 10.1 Å². The lowest BCUT2D eigenvalue weighted by Gasteiger charge is -2.07. The van der Waals surface area contributed by atoms with E-state index in [0.717, 1.165) is 6.07 Å². The Hall–Kier alpha value is -1.67. The first-order valence-corrected chi connectivity index (χ1v) is 7.17. The summed E-state index contributed by atoms with van der Waals surface area (Å²) in [5.41, 5.74) is 0.230. The quantitative estimate of drug-likeness (QED) is 0.733. The molecule has 0 aliphatic carbocycles. The number of benzene rings is 1. The summed E-state index contributed by atoms with van der Waals surface area (Å²) < 4.78 is 39.2.